The monoisotopic (exact) mass is 385 g/mol. The molecule has 1 aliphatic rings. The van der Waals surface area contributed by atoms with Gasteiger partial charge in [-0.1, -0.05) is 60.7 Å². The molecule has 2 N–H and O–H groups in total. The molecule has 3 unspecified atom stereocenters. The highest BCUT2D eigenvalue weighted by atomic mass is 16.6. The van der Waals surface area contributed by atoms with E-state index in [-0.39, 0.29) is 26.3 Å². The number of rotatable bonds is 6. The number of aliphatic hydroxyl groups excluding tert-OH is 1. The molecule has 1 aliphatic heterocycles. The van der Waals surface area contributed by atoms with E-state index >= 15 is 0 Å². The van der Waals surface area contributed by atoms with Gasteiger partial charge in [-0.05, 0) is 11.1 Å². The Morgan fingerprint density at radius 3 is 2.07 bits per heavy atom. The van der Waals surface area contributed by atoms with Gasteiger partial charge in [-0.25, -0.2) is 4.79 Å². The molecule has 0 bridgehead atoms. The van der Waals surface area contributed by atoms with Crippen LogP contribution in [0.15, 0.2) is 60.7 Å². The molecule has 148 valence electrons. The van der Waals surface area contributed by atoms with Crippen LogP contribution in [0, 0.1) is 5.92 Å². The Labute approximate surface area is 163 Å². The van der Waals surface area contributed by atoms with E-state index in [0.29, 0.717) is 0 Å². The fourth-order valence-electron chi connectivity index (χ4n) is 3.12. The van der Waals surface area contributed by atoms with Crippen LogP contribution in [0.4, 0.5) is 4.79 Å². The summed E-state index contributed by atoms with van der Waals surface area (Å²) in [5.41, 5.74) is 1.73. The van der Waals surface area contributed by atoms with Crippen LogP contribution in [0.1, 0.15) is 11.1 Å². The molecule has 7 nitrogen and oxygen atoms in total. The zero-order chi connectivity index (χ0) is 19.9. The summed E-state index contributed by atoms with van der Waals surface area (Å²) in [4.78, 5) is 25.3. The number of aliphatic carboxylic acids is 1. The molecule has 3 atom stereocenters. The average molecular weight is 385 g/mol. The summed E-state index contributed by atoms with van der Waals surface area (Å²) in [5.74, 6) is -2.32. The third-order valence-electron chi connectivity index (χ3n) is 4.70. The van der Waals surface area contributed by atoms with E-state index in [1.807, 2.05) is 60.7 Å². The highest BCUT2D eigenvalue weighted by molar-refractivity contribution is 5.74. The van der Waals surface area contributed by atoms with E-state index in [9.17, 15) is 19.8 Å². The first-order valence-corrected chi connectivity index (χ1v) is 9.06. The van der Waals surface area contributed by atoms with Crippen LogP contribution < -0.4 is 0 Å². The quantitative estimate of drug-likeness (QED) is 0.792. The first kappa shape index (κ1) is 19.9. The number of amides is 1. The van der Waals surface area contributed by atoms with Gasteiger partial charge >= 0.3 is 12.1 Å². The second-order valence-electron chi connectivity index (χ2n) is 6.72. The van der Waals surface area contributed by atoms with Gasteiger partial charge < -0.3 is 24.6 Å². The van der Waals surface area contributed by atoms with Gasteiger partial charge in [-0.3, -0.25) is 4.79 Å². The van der Waals surface area contributed by atoms with Crippen molar-refractivity contribution in [2.75, 3.05) is 13.1 Å². The van der Waals surface area contributed by atoms with Crippen molar-refractivity contribution in [1.29, 1.82) is 0 Å². The lowest BCUT2D eigenvalue weighted by molar-refractivity contribution is -0.160. The van der Waals surface area contributed by atoms with Crippen LogP contribution in [0.5, 0.6) is 0 Å². The molecule has 28 heavy (non-hydrogen) atoms. The molecule has 0 aromatic heterocycles. The molecule has 1 fully saturated rings. The van der Waals surface area contributed by atoms with Crippen molar-refractivity contribution in [1.82, 2.24) is 4.90 Å². The van der Waals surface area contributed by atoms with E-state index in [0.717, 1.165) is 11.1 Å². The largest absolute Gasteiger partial charge is 0.481 e. The van der Waals surface area contributed by atoms with Crippen LogP contribution in [-0.4, -0.2) is 52.5 Å². The van der Waals surface area contributed by atoms with Gasteiger partial charge in [0.1, 0.15) is 18.6 Å². The van der Waals surface area contributed by atoms with Crippen molar-refractivity contribution in [3.8, 4) is 0 Å². The minimum Gasteiger partial charge on any atom is -0.481 e. The minimum absolute atomic E-state index is 0.0609. The SMILES string of the molecule is O=C(O)C1CN(C(=O)OCc2ccccc2)CC(OCc2ccccc2)C1O. The number of hydrogen-bond donors (Lipinski definition) is 2. The summed E-state index contributed by atoms with van der Waals surface area (Å²) in [6, 6.07) is 18.6. The highest BCUT2D eigenvalue weighted by Crippen LogP contribution is 2.22. The van der Waals surface area contributed by atoms with Crippen LogP contribution in [0.3, 0.4) is 0 Å². The molecule has 0 saturated carbocycles. The lowest BCUT2D eigenvalue weighted by atomic mass is 9.92. The van der Waals surface area contributed by atoms with Crippen molar-refractivity contribution in [3.63, 3.8) is 0 Å². The van der Waals surface area contributed by atoms with Crippen molar-refractivity contribution >= 4 is 12.1 Å². The maximum absolute atomic E-state index is 12.4. The number of likely N-dealkylation sites (tertiary alicyclic amines) is 1. The Kier molecular flexibility index (Phi) is 6.62. The number of carbonyl (C=O) groups is 2. The number of benzene rings is 2. The Bertz CT molecular complexity index is 782. The second kappa shape index (κ2) is 9.34. The lowest BCUT2D eigenvalue weighted by Crippen LogP contribution is -2.57. The summed E-state index contributed by atoms with van der Waals surface area (Å²) in [6.45, 7) is 0.231. The van der Waals surface area contributed by atoms with Crippen LogP contribution in [0.25, 0.3) is 0 Å². The molecule has 0 aliphatic carbocycles. The van der Waals surface area contributed by atoms with E-state index in [2.05, 4.69) is 0 Å². The summed E-state index contributed by atoms with van der Waals surface area (Å²) < 4.78 is 11.0. The van der Waals surface area contributed by atoms with Crippen molar-refractivity contribution in [2.24, 2.45) is 5.92 Å². The van der Waals surface area contributed by atoms with Gasteiger partial charge in [0, 0.05) is 6.54 Å². The third kappa shape index (κ3) is 5.09. The molecule has 0 spiro atoms. The number of ether oxygens (including phenoxy) is 2. The Morgan fingerprint density at radius 2 is 1.50 bits per heavy atom. The first-order valence-electron chi connectivity index (χ1n) is 9.06. The van der Waals surface area contributed by atoms with Gasteiger partial charge in [0.2, 0.25) is 0 Å². The summed E-state index contributed by atoms with van der Waals surface area (Å²) in [5, 5.41) is 19.8. The number of aliphatic hydroxyl groups is 1. The standard InChI is InChI=1S/C21H23NO6/c23-19-17(20(24)25)11-22(21(26)28-14-16-9-5-2-6-10-16)12-18(19)27-13-15-7-3-1-4-8-15/h1-10,17-19,23H,11-14H2,(H,24,25). The second-order valence-corrected chi connectivity index (χ2v) is 6.72. The van der Waals surface area contributed by atoms with Crippen molar-refractivity contribution < 1.29 is 29.3 Å². The van der Waals surface area contributed by atoms with Crippen LogP contribution in [0.2, 0.25) is 0 Å². The zero-order valence-electron chi connectivity index (χ0n) is 15.3. The molecule has 2 aromatic carbocycles. The number of carboxylic acid groups (broad SMARTS) is 1. The maximum Gasteiger partial charge on any atom is 0.410 e. The van der Waals surface area contributed by atoms with Crippen LogP contribution in [-0.2, 0) is 27.5 Å². The topological polar surface area (TPSA) is 96.3 Å². The first-order chi connectivity index (χ1) is 13.5. The fraction of sp³-hybridized carbons (Fsp3) is 0.333. The average Bonchev–Trinajstić information content (AvgIpc) is 2.72. The molecular formula is C21H23NO6. The third-order valence-corrected chi connectivity index (χ3v) is 4.70. The lowest BCUT2D eigenvalue weighted by Gasteiger charge is -2.38. The van der Waals surface area contributed by atoms with Gasteiger partial charge in [0.25, 0.3) is 0 Å². The molecule has 0 radical (unpaired) electrons. The molecule has 1 amide bonds. The van der Waals surface area contributed by atoms with Gasteiger partial charge in [0.15, 0.2) is 0 Å². The Balaban J connectivity index is 1.63. The summed E-state index contributed by atoms with van der Waals surface area (Å²) in [6.07, 6.45) is -2.66. The predicted octanol–water partition coefficient (Wildman–Crippen LogP) is 2.29. The zero-order valence-corrected chi connectivity index (χ0v) is 15.3. The maximum atomic E-state index is 12.4. The van der Waals surface area contributed by atoms with Gasteiger partial charge in [-0.2, -0.15) is 0 Å². The fourth-order valence-corrected chi connectivity index (χ4v) is 3.12. The number of nitrogens with zero attached hydrogens (tertiary/aromatic N) is 1. The normalized spacial score (nSPS) is 21.9. The van der Waals surface area contributed by atoms with Gasteiger partial charge in [-0.15, -0.1) is 0 Å². The molecular weight excluding hydrogens is 362 g/mol. The summed E-state index contributed by atoms with van der Waals surface area (Å²) in [7, 11) is 0. The predicted molar refractivity (Wildman–Crippen MR) is 100 cm³/mol. The van der Waals surface area contributed by atoms with E-state index in [1.165, 1.54) is 4.90 Å². The van der Waals surface area contributed by atoms with Crippen molar-refractivity contribution in [3.05, 3.63) is 71.8 Å². The Hall–Kier alpha value is -2.90. The van der Waals surface area contributed by atoms with E-state index in [4.69, 9.17) is 9.47 Å². The number of hydrogen-bond acceptors (Lipinski definition) is 5. The Morgan fingerprint density at radius 1 is 0.929 bits per heavy atom. The van der Waals surface area contributed by atoms with E-state index in [1.54, 1.807) is 0 Å². The van der Waals surface area contributed by atoms with Gasteiger partial charge in [0.05, 0.1) is 19.3 Å². The minimum atomic E-state index is -1.21. The highest BCUT2D eigenvalue weighted by Gasteiger charge is 2.42. The molecule has 7 heteroatoms. The molecule has 1 heterocycles. The van der Waals surface area contributed by atoms with E-state index < -0.39 is 30.2 Å². The number of carbonyl (C=O) groups excluding carboxylic acids is 1. The van der Waals surface area contributed by atoms with Crippen molar-refractivity contribution in [2.45, 2.75) is 25.4 Å². The molecule has 3 rings (SSSR count). The molecule has 1 saturated heterocycles. The number of piperidine rings is 1. The smallest absolute Gasteiger partial charge is 0.410 e. The molecule has 2 aromatic rings. The summed E-state index contributed by atoms with van der Waals surface area (Å²) >= 11 is 0. The van der Waals surface area contributed by atoms with Crippen LogP contribution >= 0.6 is 0 Å². The number of carboxylic acids is 1.